The second-order valence-electron chi connectivity index (χ2n) is 7.15. The average Bonchev–Trinajstić information content (AvgIpc) is 3.33. The number of anilines is 1. The first-order valence-corrected chi connectivity index (χ1v) is 9.18. The molecule has 0 aliphatic carbocycles. The molecule has 142 valence electrons. The number of nitrogens with zero attached hydrogens (tertiary/aromatic N) is 4. The molecule has 2 aromatic rings. The molecule has 8 nitrogen and oxygen atoms in total. The monoisotopic (exact) mass is 370 g/mol. The number of fused-ring (bicyclic) bond motifs is 1. The van der Waals surface area contributed by atoms with Crippen LogP contribution in [0.15, 0.2) is 28.9 Å². The lowest BCUT2D eigenvalue weighted by Crippen LogP contribution is -2.46. The van der Waals surface area contributed by atoms with Gasteiger partial charge in [0.2, 0.25) is 5.91 Å². The van der Waals surface area contributed by atoms with Crippen LogP contribution in [0.5, 0.6) is 5.75 Å². The Hall–Kier alpha value is -2.90. The lowest BCUT2D eigenvalue weighted by molar-refractivity contribution is -0.132. The van der Waals surface area contributed by atoms with Crippen molar-refractivity contribution in [1.29, 1.82) is 0 Å². The number of rotatable bonds is 4. The van der Waals surface area contributed by atoms with Crippen LogP contribution in [0.2, 0.25) is 0 Å². The van der Waals surface area contributed by atoms with E-state index in [9.17, 15) is 9.59 Å². The number of hydrogen-bond acceptors (Lipinski definition) is 6. The Labute approximate surface area is 157 Å². The predicted octanol–water partition coefficient (Wildman–Crippen LogP) is 2.28. The first-order valence-electron chi connectivity index (χ1n) is 9.18. The number of carbonyl (C=O) groups excluding carboxylic acids is 2. The molecule has 0 aromatic carbocycles. The summed E-state index contributed by atoms with van der Waals surface area (Å²) in [6, 6.07) is 5.29. The zero-order chi connectivity index (χ0) is 19.0. The summed E-state index contributed by atoms with van der Waals surface area (Å²) in [5, 5.41) is 4.17. The number of aromatic nitrogens is 2. The van der Waals surface area contributed by atoms with Crippen molar-refractivity contribution in [2.75, 3.05) is 24.6 Å². The van der Waals surface area contributed by atoms with E-state index < -0.39 is 0 Å². The minimum absolute atomic E-state index is 0.0579. The largest absolute Gasteiger partial charge is 0.480 e. The van der Waals surface area contributed by atoms with Crippen LogP contribution in [0, 0.1) is 0 Å². The van der Waals surface area contributed by atoms with Gasteiger partial charge in [0.15, 0.2) is 18.2 Å². The molecule has 2 aliphatic rings. The van der Waals surface area contributed by atoms with E-state index in [1.165, 1.54) is 4.90 Å². The van der Waals surface area contributed by atoms with Gasteiger partial charge in [-0.15, -0.1) is 0 Å². The lowest BCUT2D eigenvalue weighted by Gasteiger charge is -2.30. The molecule has 8 heteroatoms. The highest BCUT2D eigenvalue weighted by molar-refractivity contribution is 6.01. The highest BCUT2D eigenvalue weighted by atomic mass is 16.5. The molecule has 2 aliphatic heterocycles. The van der Waals surface area contributed by atoms with E-state index in [4.69, 9.17) is 9.26 Å². The number of amides is 2. The Bertz CT molecular complexity index is 863. The van der Waals surface area contributed by atoms with E-state index in [0.29, 0.717) is 18.1 Å². The number of ether oxygens (including phenoxy) is 1. The summed E-state index contributed by atoms with van der Waals surface area (Å²) in [5.41, 5.74) is 0.774. The summed E-state index contributed by atoms with van der Waals surface area (Å²) in [7, 11) is 0. The summed E-state index contributed by atoms with van der Waals surface area (Å²) in [6.45, 7) is 4.57. The summed E-state index contributed by atoms with van der Waals surface area (Å²) >= 11 is 0. The fraction of sp³-hybridized carbons (Fsp3) is 0.474. The van der Waals surface area contributed by atoms with Crippen LogP contribution in [0.25, 0.3) is 0 Å². The van der Waals surface area contributed by atoms with Crippen molar-refractivity contribution in [3.63, 3.8) is 0 Å². The third kappa shape index (κ3) is 3.27. The second-order valence-corrected chi connectivity index (χ2v) is 7.15. The van der Waals surface area contributed by atoms with E-state index in [1.807, 2.05) is 19.9 Å². The van der Waals surface area contributed by atoms with Crippen LogP contribution < -0.4 is 9.64 Å². The predicted molar refractivity (Wildman–Crippen MR) is 96.4 cm³/mol. The number of likely N-dealkylation sites (tertiary alicyclic amines) is 1. The molecule has 1 atom stereocenters. The van der Waals surface area contributed by atoms with Gasteiger partial charge < -0.3 is 14.2 Å². The molecular formula is C19H22N4O4. The molecule has 4 heterocycles. The van der Waals surface area contributed by atoms with E-state index in [2.05, 4.69) is 10.1 Å². The van der Waals surface area contributed by atoms with Crippen molar-refractivity contribution in [2.45, 2.75) is 38.6 Å². The Morgan fingerprint density at radius 1 is 1.41 bits per heavy atom. The standard InChI is InChI=1S/C19H22N4O4/c1-12(2)16-9-13(21-27-16)14-5-4-8-22(14)17(24)10-23-18(25)11-26-15-6-3-7-20-19(15)23/h3,6-7,9,12,14H,4-5,8,10-11H2,1-2H3. The van der Waals surface area contributed by atoms with E-state index in [-0.39, 0.29) is 36.9 Å². The molecule has 0 spiro atoms. The van der Waals surface area contributed by atoms with Gasteiger partial charge in [0.1, 0.15) is 18.0 Å². The van der Waals surface area contributed by atoms with Crippen LogP contribution >= 0.6 is 0 Å². The Balaban J connectivity index is 1.53. The molecule has 0 saturated carbocycles. The van der Waals surface area contributed by atoms with E-state index >= 15 is 0 Å². The van der Waals surface area contributed by atoms with Crippen molar-refractivity contribution in [2.24, 2.45) is 0 Å². The third-order valence-electron chi connectivity index (χ3n) is 4.98. The molecule has 27 heavy (non-hydrogen) atoms. The van der Waals surface area contributed by atoms with Gasteiger partial charge in [0.05, 0.1) is 6.04 Å². The molecule has 0 N–H and O–H groups in total. The van der Waals surface area contributed by atoms with E-state index in [0.717, 1.165) is 24.3 Å². The maximum absolute atomic E-state index is 13.0. The molecule has 2 amide bonds. The van der Waals surface area contributed by atoms with Crippen molar-refractivity contribution in [3.05, 3.63) is 35.9 Å². The fourth-order valence-electron chi connectivity index (χ4n) is 3.53. The first-order chi connectivity index (χ1) is 13.0. The smallest absolute Gasteiger partial charge is 0.266 e. The molecule has 1 saturated heterocycles. The number of carbonyl (C=O) groups is 2. The number of hydrogen-bond donors (Lipinski definition) is 0. The van der Waals surface area contributed by atoms with Crippen LogP contribution in [0.1, 0.15) is 50.1 Å². The van der Waals surface area contributed by atoms with Gasteiger partial charge in [-0.1, -0.05) is 19.0 Å². The Morgan fingerprint density at radius 3 is 3.04 bits per heavy atom. The minimum atomic E-state index is -0.270. The summed E-state index contributed by atoms with van der Waals surface area (Å²) in [5.74, 6) is 1.56. The Morgan fingerprint density at radius 2 is 2.26 bits per heavy atom. The topological polar surface area (TPSA) is 88.8 Å². The van der Waals surface area contributed by atoms with Gasteiger partial charge in [-0.3, -0.25) is 14.5 Å². The third-order valence-corrected chi connectivity index (χ3v) is 4.98. The lowest BCUT2D eigenvalue weighted by atomic mass is 10.1. The van der Waals surface area contributed by atoms with Crippen LogP contribution in [-0.2, 0) is 9.59 Å². The van der Waals surface area contributed by atoms with Crippen LogP contribution in [-0.4, -0.2) is 46.6 Å². The van der Waals surface area contributed by atoms with Gasteiger partial charge in [-0.2, -0.15) is 0 Å². The molecule has 0 bridgehead atoms. The van der Waals surface area contributed by atoms with Gasteiger partial charge in [0, 0.05) is 24.7 Å². The molecule has 0 radical (unpaired) electrons. The zero-order valence-corrected chi connectivity index (χ0v) is 15.4. The SMILES string of the molecule is CC(C)c1cc(C2CCCN2C(=O)CN2C(=O)COc3cccnc32)no1. The Kier molecular flexibility index (Phi) is 4.55. The maximum Gasteiger partial charge on any atom is 0.266 e. The molecule has 1 unspecified atom stereocenters. The highest BCUT2D eigenvalue weighted by Crippen LogP contribution is 2.34. The summed E-state index contributed by atoms with van der Waals surface area (Å²) < 4.78 is 10.8. The molecule has 2 aromatic heterocycles. The quantitative estimate of drug-likeness (QED) is 0.820. The number of pyridine rings is 1. The molecule has 4 rings (SSSR count). The van der Waals surface area contributed by atoms with Gasteiger partial charge in [-0.25, -0.2) is 4.98 Å². The van der Waals surface area contributed by atoms with Crippen LogP contribution in [0.4, 0.5) is 5.82 Å². The maximum atomic E-state index is 13.0. The first kappa shape index (κ1) is 17.5. The van der Waals surface area contributed by atoms with Gasteiger partial charge in [0.25, 0.3) is 5.91 Å². The molecular weight excluding hydrogens is 348 g/mol. The van der Waals surface area contributed by atoms with Gasteiger partial charge in [-0.05, 0) is 25.0 Å². The van der Waals surface area contributed by atoms with Crippen molar-refractivity contribution >= 4 is 17.6 Å². The highest BCUT2D eigenvalue weighted by Gasteiger charge is 2.35. The normalized spacial score (nSPS) is 19.4. The van der Waals surface area contributed by atoms with E-state index in [1.54, 1.807) is 23.2 Å². The molecule has 1 fully saturated rings. The minimum Gasteiger partial charge on any atom is -0.480 e. The van der Waals surface area contributed by atoms with Gasteiger partial charge >= 0.3 is 0 Å². The summed E-state index contributed by atoms with van der Waals surface area (Å²) in [6.07, 6.45) is 3.31. The average molecular weight is 370 g/mol. The fourth-order valence-corrected chi connectivity index (χ4v) is 3.53. The zero-order valence-electron chi connectivity index (χ0n) is 15.4. The van der Waals surface area contributed by atoms with Crippen LogP contribution in [0.3, 0.4) is 0 Å². The van der Waals surface area contributed by atoms with Crippen molar-refractivity contribution in [1.82, 2.24) is 15.0 Å². The second kappa shape index (κ2) is 7.02. The van der Waals surface area contributed by atoms with Crippen molar-refractivity contribution < 1.29 is 18.8 Å². The summed E-state index contributed by atoms with van der Waals surface area (Å²) in [4.78, 5) is 32.7. The van der Waals surface area contributed by atoms with Crippen molar-refractivity contribution in [3.8, 4) is 5.75 Å².